The van der Waals surface area contributed by atoms with Crippen LogP contribution in [0.25, 0.3) is 0 Å². The quantitative estimate of drug-likeness (QED) is 0.744. The molecule has 1 radical (unpaired) electrons. The van der Waals surface area contributed by atoms with Gasteiger partial charge in [-0.2, -0.15) is 0 Å². The van der Waals surface area contributed by atoms with E-state index in [0.29, 0.717) is 18.3 Å². The third-order valence-corrected chi connectivity index (χ3v) is 3.34. The van der Waals surface area contributed by atoms with Gasteiger partial charge in [-0.15, -0.1) is 0 Å². The van der Waals surface area contributed by atoms with Crippen LogP contribution in [0.1, 0.15) is 52.9 Å². The highest BCUT2D eigenvalue weighted by atomic mass is 16.5. The van der Waals surface area contributed by atoms with Crippen molar-refractivity contribution in [3.8, 4) is 0 Å². The van der Waals surface area contributed by atoms with E-state index >= 15 is 0 Å². The molecule has 1 aliphatic carbocycles. The lowest BCUT2D eigenvalue weighted by Gasteiger charge is -2.28. The lowest BCUT2D eigenvalue weighted by molar-refractivity contribution is 0.00681. The number of hydrogen-bond donors (Lipinski definition) is 1. The fraction of sp³-hybridized carbons (Fsp3) is 0.857. The van der Waals surface area contributed by atoms with E-state index in [0.717, 1.165) is 12.8 Å². The highest BCUT2D eigenvalue weighted by molar-refractivity contribution is 4.93. The molecular formula is C14H25O2. The second kappa shape index (κ2) is 5.72. The molecule has 0 aliphatic heterocycles. The maximum atomic E-state index is 9.99. The van der Waals surface area contributed by atoms with Crippen molar-refractivity contribution in [1.82, 2.24) is 0 Å². The normalized spacial score (nSPS) is 20.5. The molecule has 0 bridgehead atoms. The van der Waals surface area contributed by atoms with Crippen molar-refractivity contribution in [3.05, 3.63) is 12.3 Å². The average molecular weight is 225 g/mol. The topological polar surface area (TPSA) is 29.5 Å². The lowest BCUT2D eigenvalue weighted by Crippen LogP contribution is -2.28. The number of allylic oxidation sites excluding steroid dienone is 1. The molecule has 1 N–H and O–H groups in total. The van der Waals surface area contributed by atoms with Gasteiger partial charge in [0.05, 0.1) is 6.10 Å². The number of aliphatic hydroxyl groups is 1. The molecule has 0 heterocycles. The van der Waals surface area contributed by atoms with Crippen molar-refractivity contribution in [1.29, 1.82) is 0 Å². The highest BCUT2D eigenvalue weighted by Gasteiger charge is 2.24. The Morgan fingerprint density at radius 2 is 1.88 bits per heavy atom. The monoisotopic (exact) mass is 225 g/mol. The minimum absolute atomic E-state index is 0.147. The molecule has 0 aromatic carbocycles. The van der Waals surface area contributed by atoms with Gasteiger partial charge in [-0.1, -0.05) is 40.0 Å². The van der Waals surface area contributed by atoms with Crippen molar-refractivity contribution in [2.75, 3.05) is 6.61 Å². The fourth-order valence-corrected chi connectivity index (χ4v) is 2.05. The van der Waals surface area contributed by atoms with Crippen molar-refractivity contribution >= 4 is 0 Å². The first-order valence-electron chi connectivity index (χ1n) is 6.35. The smallest absolute Gasteiger partial charge is 0.114 e. The molecule has 2 nitrogen and oxygen atoms in total. The SMILES string of the molecule is [CH]=C(OCC(O)C1CCCCC1)C(C)(C)C. The zero-order valence-corrected chi connectivity index (χ0v) is 10.8. The maximum absolute atomic E-state index is 9.99. The highest BCUT2D eigenvalue weighted by Crippen LogP contribution is 2.28. The molecule has 1 saturated carbocycles. The third-order valence-electron chi connectivity index (χ3n) is 3.34. The summed E-state index contributed by atoms with van der Waals surface area (Å²) < 4.78 is 5.47. The Hall–Kier alpha value is -0.500. The van der Waals surface area contributed by atoms with Crippen LogP contribution < -0.4 is 0 Å². The van der Waals surface area contributed by atoms with Crippen LogP contribution in [0, 0.1) is 17.9 Å². The van der Waals surface area contributed by atoms with Gasteiger partial charge in [0.1, 0.15) is 12.4 Å². The summed E-state index contributed by atoms with van der Waals surface area (Å²) in [6.45, 7) is 12.2. The summed E-state index contributed by atoms with van der Waals surface area (Å²) in [5.41, 5.74) is -0.147. The molecule has 1 unspecified atom stereocenters. The van der Waals surface area contributed by atoms with Gasteiger partial charge >= 0.3 is 0 Å². The molecule has 1 aliphatic rings. The van der Waals surface area contributed by atoms with Crippen LogP contribution >= 0.6 is 0 Å². The van der Waals surface area contributed by atoms with Gasteiger partial charge in [-0.25, -0.2) is 0 Å². The van der Waals surface area contributed by atoms with Crippen molar-refractivity contribution in [3.63, 3.8) is 0 Å². The second-order valence-corrected chi connectivity index (χ2v) is 5.89. The van der Waals surface area contributed by atoms with Crippen LogP contribution in [-0.4, -0.2) is 17.8 Å². The summed E-state index contributed by atoms with van der Waals surface area (Å²) in [6, 6.07) is 0. The minimum Gasteiger partial charge on any atom is -0.495 e. The lowest BCUT2D eigenvalue weighted by atomic mass is 9.85. The molecule has 1 fully saturated rings. The molecule has 0 saturated heterocycles. The van der Waals surface area contributed by atoms with Gasteiger partial charge in [-0.3, -0.25) is 0 Å². The van der Waals surface area contributed by atoms with E-state index < -0.39 is 0 Å². The van der Waals surface area contributed by atoms with Gasteiger partial charge in [0.25, 0.3) is 0 Å². The molecule has 0 spiro atoms. The van der Waals surface area contributed by atoms with Gasteiger partial charge in [0.15, 0.2) is 0 Å². The predicted octanol–water partition coefficient (Wildman–Crippen LogP) is 3.31. The molecular weight excluding hydrogens is 200 g/mol. The molecule has 0 aromatic heterocycles. The third kappa shape index (κ3) is 4.17. The first kappa shape index (κ1) is 13.6. The summed E-state index contributed by atoms with van der Waals surface area (Å²) >= 11 is 0. The molecule has 0 amide bonds. The van der Waals surface area contributed by atoms with Crippen LogP contribution in [0.4, 0.5) is 0 Å². The van der Waals surface area contributed by atoms with E-state index in [2.05, 4.69) is 0 Å². The fourth-order valence-electron chi connectivity index (χ4n) is 2.05. The minimum atomic E-state index is -0.360. The zero-order chi connectivity index (χ0) is 12.2. The Balaban J connectivity index is 2.29. The molecule has 1 atom stereocenters. The average Bonchev–Trinajstić information content (AvgIpc) is 2.25. The van der Waals surface area contributed by atoms with E-state index in [1.807, 2.05) is 20.8 Å². The second-order valence-electron chi connectivity index (χ2n) is 5.89. The van der Waals surface area contributed by atoms with Gasteiger partial charge < -0.3 is 9.84 Å². The van der Waals surface area contributed by atoms with E-state index in [1.54, 1.807) is 0 Å². The molecule has 1 rings (SSSR count). The standard InChI is InChI=1S/C14H25O2/c1-11(14(2,3)4)16-10-13(15)12-8-6-5-7-9-12/h1,12-13,15H,5-10H2,2-4H3. The summed E-state index contributed by atoms with van der Waals surface area (Å²) in [6.07, 6.45) is 5.67. The van der Waals surface area contributed by atoms with Crippen LogP contribution in [0.5, 0.6) is 0 Å². The maximum Gasteiger partial charge on any atom is 0.114 e. The van der Waals surface area contributed by atoms with Crippen LogP contribution in [0.2, 0.25) is 0 Å². The predicted molar refractivity (Wildman–Crippen MR) is 65.8 cm³/mol. The Morgan fingerprint density at radius 1 is 1.31 bits per heavy atom. The van der Waals surface area contributed by atoms with Crippen LogP contribution in [-0.2, 0) is 4.74 Å². The van der Waals surface area contributed by atoms with Crippen LogP contribution in [0.3, 0.4) is 0 Å². The van der Waals surface area contributed by atoms with Crippen molar-refractivity contribution in [2.24, 2.45) is 11.3 Å². The molecule has 0 aromatic rings. The van der Waals surface area contributed by atoms with Gasteiger partial charge in [-0.05, 0) is 25.3 Å². The zero-order valence-electron chi connectivity index (χ0n) is 10.8. The van der Waals surface area contributed by atoms with Crippen molar-refractivity contribution < 1.29 is 9.84 Å². The van der Waals surface area contributed by atoms with Crippen LogP contribution in [0.15, 0.2) is 5.76 Å². The van der Waals surface area contributed by atoms with Crippen molar-refractivity contribution in [2.45, 2.75) is 59.0 Å². The van der Waals surface area contributed by atoms with E-state index in [4.69, 9.17) is 11.3 Å². The number of hydrogen-bond acceptors (Lipinski definition) is 2. The first-order valence-corrected chi connectivity index (χ1v) is 6.35. The summed E-state index contributed by atoms with van der Waals surface area (Å²) in [5, 5.41) is 9.99. The summed E-state index contributed by atoms with van der Waals surface area (Å²) in [7, 11) is 0. The Bertz CT molecular complexity index is 221. The van der Waals surface area contributed by atoms with Gasteiger partial charge in [0.2, 0.25) is 0 Å². The Labute approximate surface area is 99.7 Å². The number of ether oxygens (including phenoxy) is 1. The summed E-state index contributed by atoms with van der Waals surface area (Å²) in [4.78, 5) is 0. The largest absolute Gasteiger partial charge is 0.495 e. The Kier molecular flexibility index (Phi) is 4.85. The van der Waals surface area contributed by atoms with E-state index in [9.17, 15) is 5.11 Å². The first-order chi connectivity index (χ1) is 7.41. The number of rotatable bonds is 4. The molecule has 2 heteroatoms. The molecule has 93 valence electrons. The molecule has 16 heavy (non-hydrogen) atoms. The Morgan fingerprint density at radius 3 is 2.38 bits per heavy atom. The van der Waals surface area contributed by atoms with E-state index in [1.165, 1.54) is 19.3 Å². The van der Waals surface area contributed by atoms with E-state index in [-0.39, 0.29) is 11.5 Å². The van der Waals surface area contributed by atoms with Gasteiger partial charge in [0, 0.05) is 5.41 Å². The summed E-state index contributed by atoms with van der Waals surface area (Å²) in [5.74, 6) is 0.920. The number of aliphatic hydroxyl groups excluding tert-OH is 1.